The molecule has 9 heteroatoms. The summed E-state index contributed by atoms with van der Waals surface area (Å²) in [4.78, 5) is 14.1. The lowest BCUT2D eigenvalue weighted by Gasteiger charge is -2.33. The fourth-order valence-electron chi connectivity index (χ4n) is 2.86. The second kappa shape index (κ2) is 7.71. The smallest absolute Gasteiger partial charge is 0.339 e. The van der Waals surface area contributed by atoms with Crippen LogP contribution < -0.4 is 4.72 Å². The molecule has 1 unspecified atom stereocenters. The average molecular weight is 433 g/mol. The molecule has 25 heavy (non-hydrogen) atoms. The Balaban J connectivity index is 1.66. The van der Waals surface area contributed by atoms with Gasteiger partial charge in [0.1, 0.15) is 0 Å². The van der Waals surface area contributed by atoms with E-state index in [4.69, 9.17) is 4.74 Å². The number of nitrogens with zero attached hydrogens (tertiary/aromatic N) is 1. The molecule has 0 amide bonds. The third kappa shape index (κ3) is 4.59. The van der Waals surface area contributed by atoms with Crippen LogP contribution in [0.4, 0.5) is 0 Å². The maximum absolute atomic E-state index is 12.5. The van der Waals surface area contributed by atoms with E-state index in [-0.39, 0.29) is 23.1 Å². The summed E-state index contributed by atoms with van der Waals surface area (Å²) in [5, 5.41) is 0. The van der Waals surface area contributed by atoms with Gasteiger partial charge in [-0.05, 0) is 47.0 Å². The van der Waals surface area contributed by atoms with Gasteiger partial charge in [0.15, 0.2) is 0 Å². The van der Waals surface area contributed by atoms with Gasteiger partial charge in [0, 0.05) is 30.1 Å². The number of hydrogen-bond donors (Lipinski definition) is 1. The zero-order valence-electron chi connectivity index (χ0n) is 13.9. The number of benzene rings is 1. The van der Waals surface area contributed by atoms with E-state index in [0.717, 1.165) is 13.1 Å². The van der Waals surface area contributed by atoms with Crippen LogP contribution in [0.2, 0.25) is 0 Å². The minimum absolute atomic E-state index is 0.0194. The number of esters is 1. The molecule has 1 aromatic rings. The highest BCUT2D eigenvalue weighted by molar-refractivity contribution is 9.10. The average Bonchev–Trinajstić information content (AvgIpc) is 3.45. The predicted molar refractivity (Wildman–Crippen MR) is 95.0 cm³/mol. The molecular weight excluding hydrogens is 412 g/mol. The highest BCUT2D eigenvalue weighted by Crippen LogP contribution is 2.28. The number of sulfonamides is 1. The lowest BCUT2D eigenvalue weighted by Crippen LogP contribution is -2.48. The van der Waals surface area contributed by atoms with Gasteiger partial charge in [-0.15, -0.1) is 0 Å². The van der Waals surface area contributed by atoms with Crippen molar-refractivity contribution in [3.05, 3.63) is 28.2 Å². The van der Waals surface area contributed by atoms with Crippen molar-refractivity contribution in [3.8, 4) is 0 Å². The maximum atomic E-state index is 12.5. The van der Waals surface area contributed by atoms with Gasteiger partial charge in [-0.3, -0.25) is 4.90 Å². The lowest BCUT2D eigenvalue weighted by atomic mass is 10.2. The number of nitrogens with one attached hydrogen (secondary N) is 1. The van der Waals surface area contributed by atoms with Crippen LogP contribution in [-0.4, -0.2) is 64.8 Å². The summed E-state index contributed by atoms with van der Waals surface area (Å²) in [5.41, 5.74) is 0.166. The van der Waals surface area contributed by atoms with Crippen molar-refractivity contribution in [2.75, 3.05) is 33.4 Å². The third-order valence-electron chi connectivity index (χ3n) is 4.39. The zero-order chi connectivity index (χ0) is 18.0. The fraction of sp³-hybridized carbons (Fsp3) is 0.562. The largest absolute Gasteiger partial charge is 0.465 e. The lowest BCUT2D eigenvalue weighted by molar-refractivity contribution is -0.0277. The highest BCUT2D eigenvalue weighted by atomic mass is 79.9. The van der Waals surface area contributed by atoms with Crippen LogP contribution in [-0.2, 0) is 19.5 Å². The van der Waals surface area contributed by atoms with Crippen molar-refractivity contribution in [3.63, 3.8) is 0 Å². The Hall–Kier alpha value is -1.00. The van der Waals surface area contributed by atoms with Crippen LogP contribution in [0, 0.1) is 0 Å². The summed E-state index contributed by atoms with van der Waals surface area (Å²) in [7, 11) is -2.49. The molecule has 2 aliphatic rings. The normalized spacial score (nSPS) is 21.9. The van der Waals surface area contributed by atoms with Crippen molar-refractivity contribution in [2.45, 2.75) is 29.9 Å². The number of ether oxygens (including phenoxy) is 2. The summed E-state index contributed by atoms with van der Waals surface area (Å²) in [5.74, 6) is -0.598. The number of carbonyl (C=O) groups excluding carboxylic acids is 1. The number of hydrogen-bond acceptors (Lipinski definition) is 6. The van der Waals surface area contributed by atoms with E-state index in [1.165, 1.54) is 38.2 Å². The van der Waals surface area contributed by atoms with E-state index >= 15 is 0 Å². The van der Waals surface area contributed by atoms with E-state index in [1.54, 1.807) is 0 Å². The number of methoxy groups -OCH3 is 1. The quantitative estimate of drug-likeness (QED) is 0.683. The van der Waals surface area contributed by atoms with Crippen molar-refractivity contribution in [2.24, 2.45) is 0 Å². The van der Waals surface area contributed by atoms with Gasteiger partial charge in [-0.25, -0.2) is 17.9 Å². The molecule has 0 spiro atoms. The Morgan fingerprint density at radius 1 is 1.44 bits per heavy atom. The molecule has 1 atom stereocenters. The predicted octanol–water partition coefficient (Wildman–Crippen LogP) is 1.38. The van der Waals surface area contributed by atoms with Crippen LogP contribution >= 0.6 is 15.9 Å². The van der Waals surface area contributed by atoms with Gasteiger partial charge < -0.3 is 9.47 Å². The van der Waals surface area contributed by atoms with E-state index in [9.17, 15) is 13.2 Å². The molecule has 1 saturated heterocycles. The van der Waals surface area contributed by atoms with Gasteiger partial charge in [-0.2, -0.15) is 0 Å². The molecule has 0 bridgehead atoms. The molecule has 1 aliphatic carbocycles. The highest BCUT2D eigenvalue weighted by Gasteiger charge is 2.33. The van der Waals surface area contributed by atoms with Crippen molar-refractivity contribution in [1.29, 1.82) is 0 Å². The summed E-state index contributed by atoms with van der Waals surface area (Å²) >= 11 is 3.22. The van der Waals surface area contributed by atoms with Crippen LogP contribution in [0.3, 0.4) is 0 Å². The summed E-state index contributed by atoms with van der Waals surface area (Å²) in [6.45, 7) is 2.47. The molecule has 138 valence electrons. The number of rotatable bonds is 6. The maximum Gasteiger partial charge on any atom is 0.339 e. The number of morpholine rings is 1. The summed E-state index contributed by atoms with van der Waals surface area (Å²) < 4.78 is 38.5. The van der Waals surface area contributed by atoms with Crippen molar-refractivity contribution in [1.82, 2.24) is 9.62 Å². The summed E-state index contributed by atoms with van der Waals surface area (Å²) in [6, 6.07) is 4.90. The number of halogens is 1. The van der Waals surface area contributed by atoms with Gasteiger partial charge in [0.25, 0.3) is 0 Å². The van der Waals surface area contributed by atoms with Gasteiger partial charge >= 0.3 is 5.97 Å². The molecule has 0 aromatic heterocycles. The first kappa shape index (κ1) is 18.8. The topological polar surface area (TPSA) is 84.9 Å². The summed E-state index contributed by atoms with van der Waals surface area (Å²) in [6.07, 6.45) is 2.26. The minimum atomic E-state index is -3.74. The second-order valence-electron chi connectivity index (χ2n) is 6.20. The molecule has 0 radical (unpaired) electrons. The first-order valence-corrected chi connectivity index (χ1v) is 10.4. The molecule has 2 fully saturated rings. The van der Waals surface area contributed by atoms with Crippen molar-refractivity contribution < 1.29 is 22.7 Å². The Labute approximate surface area is 155 Å². The Morgan fingerprint density at radius 3 is 2.88 bits per heavy atom. The first-order valence-electron chi connectivity index (χ1n) is 8.14. The van der Waals surface area contributed by atoms with E-state index < -0.39 is 16.0 Å². The minimum Gasteiger partial charge on any atom is -0.465 e. The molecule has 1 aliphatic heterocycles. The van der Waals surface area contributed by atoms with E-state index in [2.05, 4.69) is 30.3 Å². The number of carbonyl (C=O) groups is 1. The molecule has 1 heterocycles. The second-order valence-corrected chi connectivity index (χ2v) is 8.83. The van der Waals surface area contributed by atoms with E-state index in [1.807, 2.05) is 0 Å². The Bertz CT molecular complexity index is 751. The molecule has 3 rings (SSSR count). The van der Waals surface area contributed by atoms with Crippen LogP contribution in [0.1, 0.15) is 23.2 Å². The Morgan fingerprint density at radius 2 is 2.20 bits per heavy atom. The van der Waals surface area contributed by atoms with Crippen LogP contribution in [0.15, 0.2) is 27.6 Å². The SMILES string of the molecule is COC(=O)c1cc(S(=O)(=O)NCC2CN(C3CC3)CCO2)ccc1Br. The Kier molecular flexibility index (Phi) is 5.79. The monoisotopic (exact) mass is 432 g/mol. The first-order chi connectivity index (χ1) is 11.9. The fourth-order valence-corrected chi connectivity index (χ4v) is 4.36. The molecular formula is C16H21BrN2O5S. The third-order valence-corrected chi connectivity index (χ3v) is 6.50. The van der Waals surface area contributed by atoms with Gasteiger partial charge in [-0.1, -0.05) is 0 Å². The standard InChI is InChI=1S/C16H21BrN2O5S/c1-23-16(20)14-8-13(4-5-15(14)17)25(21,22)18-9-12-10-19(6-7-24-12)11-2-3-11/h4-5,8,11-12,18H,2-3,6-7,9-10H2,1H3. The van der Waals surface area contributed by atoms with E-state index in [0.29, 0.717) is 17.1 Å². The van der Waals surface area contributed by atoms with Gasteiger partial charge in [0.2, 0.25) is 10.0 Å². The van der Waals surface area contributed by atoms with Gasteiger partial charge in [0.05, 0.1) is 30.3 Å². The molecule has 1 aromatic carbocycles. The zero-order valence-corrected chi connectivity index (χ0v) is 16.3. The van der Waals surface area contributed by atoms with Crippen LogP contribution in [0.25, 0.3) is 0 Å². The molecule has 7 nitrogen and oxygen atoms in total. The molecule has 1 N–H and O–H groups in total. The van der Waals surface area contributed by atoms with Crippen molar-refractivity contribution >= 4 is 31.9 Å². The molecule has 1 saturated carbocycles. The van der Waals surface area contributed by atoms with Crippen LogP contribution in [0.5, 0.6) is 0 Å².